The first-order valence-corrected chi connectivity index (χ1v) is 8.71. The first-order valence-electron chi connectivity index (χ1n) is 7.45. The maximum atomic E-state index is 12.1. The van der Waals surface area contributed by atoms with Crippen LogP contribution in [0.15, 0.2) is 36.0 Å². The second-order valence-electron chi connectivity index (χ2n) is 5.18. The highest BCUT2D eigenvalue weighted by atomic mass is 35.5. The maximum Gasteiger partial charge on any atom is 0.220 e. The lowest BCUT2D eigenvalue weighted by atomic mass is 10.1. The zero-order valence-electron chi connectivity index (χ0n) is 12.7. The van der Waals surface area contributed by atoms with Crippen LogP contribution in [0.25, 0.3) is 4.96 Å². The van der Waals surface area contributed by atoms with E-state index in [2.05, 4.69) is 15.4 Å². The number of carbonyl (C=O) groups is 2. The molecule has 0 saturated heterocycles. The number of hydrogen-bond acceptors (Lipinski definition) is 5. The molecule has 0 aliphatic heterocycles. The number of nitrogens with zero attached hydrogens (tertiary/aromatic N) is 3. The number of fused-ring (bicyclic) bond motifs is 1. The molecular formula is C16H15ClN4O2S. The van der Waals surface area contributed by atoms with E-state index in [1.807, 2.05) is 5.38 Å². The van der Waals surface area contributed by atoms with Crippen LogP contribution in [0.2, 0.25) is 5.02 Å². The van der Waals surface area contributed by atoms with Crippen molar-refractivity contribution >= 4 is 39.6 Å². The minimum atomic E-state index is -0.152. The Morgan fingerprint density at radius 1 is 1.25 bits per heavy atom. The van der Waals surface area contributed by atoms with Gasteiger partial charge < -0.3 is 5.32 Å². The standard InChI is InChI=1S/C16H15ClN4O2S/c17-13-4-2-1-3-12(13)14(22)5-6-15(23)18-8-7-11-9-24-16-19-10-20-21(11)16/h1-4,9-10H,5-8H2,(H,18,23). The summed E-state index contributed by atoms with van der Waals surface area (Å²) in [6.45, 7) is 0.491. The van der Waals surface area contributed by atoms with E-state index in [4.69, 9.17) is 11.6 Å². The molecule has 3 aromatic rings. The van der Waals surface area contributed by atoms with Crippen molar-refractivity contribution in [3.05, 3.63) is 52.3 Å². The second-order valence-corrected chi connectivity index (χ2v) is 6.43. The van der Waals surface area contributed by atoms with Crippen molar-refractivity contribution in [3.8, 4) is 0 Å². The van der Waals surface area contributed by atoms with E-state index in [9.17, 15) is 9.59 Å². The average molecular weight is 363 g/mol. The molecule has 0 atom stereocenters. The van der Waals surface area contributed by atoms with Crippen molar-refractivity contribution in [1.29, 1.82) is 0 Å². The third kappa shape index (κ3) is 3.80. The van der Waals surface area contributed by atoms with Crippen LogP contribution >= 0.6 is 22.9 Å². The average Bonchev–Trinajstić information content (AvgIpc) is 3.18. The molecule has 3 rings (SSSR count). The number of nitrogens with one attached hydrogen (secondary N) is 1. The minimum absolute atomic E-state index is 0.127. The Labute approximate surface area is 147 Å². The van der Waals surface area contributed by atoms with Gasteiger partial charge in [0.25, 0.3) is 0 Å². The van der Waals surface area contributed by atoms with Gasteiger partial charge in [-0.05, 0) is 12.1 Å². The van der Waals surface area contributed by atoms with Gasteiger partial charge in [-0.25, -0.2) is 9.50 Å². The lowest BCUT2D eigenvalue weighted by Gasteiger charge is -2.05. The van der Waals surface area contributed by atoms with E-state index in [0.717, 1.165) is 10.7 Å². The summed E-state index contributed by atoms with van der Waals surface area (Å²) in [6.07, 6.45) is 2.45. The van der Waals surface area contributed by atoms with Crippen LogP contribution in [-0.2, 0) is 11.2 Å². The van der Waals surface area contributed by atoms with Gasteiger partial charge in [0, 0.05) is 36.8 Å². The molecule has 1 amide bonds. The summed E-state index contributed by atoms with van der Waals surface area (Å²) >= 11 is 7.49. The summed E-state index contributed by atoms with van der Waals surface area (Å²) < 4.78 is 1.76. The zero-order chi connectivity index (χ0) is 16.9. The Kier molecular flexibility index (Phi) is 5.22. The molecule has 24 heavy (non-hydrogen) atoms. The molecule has 2 aromatic heterocycles. The van der Waals surface area contributed by atoms with E-state index in [1.165, 1.54) is 17.7 Å². The topological polar surface area (TPSA) is 76.4 Å². The number of aromatic nitrogens is 3. The van der Waals surface area contributed by atoms with Gasteiger partial charge in [-0.3, -0.25) is 9.59 Å². The summed E-state index contributed by atoms with van der Waals surface area (Å²) in [5.74, 6) is -0.279. The van der Waals surface area contributed by atoms with E-state index >= 15 is 0 Å². The summed E-state index contributed by atoms with van der Waals surface area (Å²) in [5, 5.41) is 9.33. The predicted octanol–water partition coefficient (Wildman–Crippen LogP) is 2.77. The number of carbonyl (C=O) groups excluding carboxylic acids is 2. The number of thiazole rings is 1. The third-order valence-corrected chi connectivity index (χ3v) is 4.75. The number of halogens is 1. The number of benzene rings is 1. The van der Waals surface area contributed by atoms with E-state index in [1.54, 1.807) is 28.8 Å². The highest BCUT2D eigenvalue weighted by Crippen LogP contribution is 2.17. The molecule has 0 saturated carbocycles. The molecule has 124 valence electrons. The molecule has 0 radical (unpaired) electrons. The Hall–Kier alpha value is -2.25. The van der Waals surface area contributed by atoms with Crippen LogP contribution in [-0.4, -0.2) is 32.8 Å². The molecule has 0 fully saturated rings. The quantitative estimate of drug-likeness (QED) is 0.656. The summed E-state index contributed by atoms with van der Waals surface area (Å²) in [7, 11) is 0. The largest absolute Gasteiger partial charge is 0.356 e. The molecule has 0 spiro atoms. The lowest BCUT2D eigenvalue weighted by Crippen LogP contribution is -2.26. The predicted molar refractivity (Wildman–Crippen MR) is 92.6 cm³/mol. The van der Waals surface area contributed by atoms with E-state index in [-0.39, 0.29) is 24.5 Å². The van der Waals surface area contributed by atoms with E-state index < -0.39 is 0 Å². The van der Waals surface area contributed by atoms with Crippen LogP contribution in [0.3, 0.4) is 0 Å². The molecule has 8 heteroatoms. The molecule has 1 aromatic carbocycles. The van der Waals surface area contributed by atoms with Gasteiger partial charge in [0.15, 0.2) is 5.78 Å². The molecule has 6 nitrogen and oxygen atoms in total. The van der Waals surface area contributed by atoms with Gasteiger partial charge in [0.2, 0.25) is 10.9 Å². The van der Waals surface area contributed by atoms with Crippen LogP contribution < -0.4 is 5.32 Å². The van der Waals surface area contributed by atoms with Gasteiger partial charge in [-0.15, -0.1) is 11.3 Å². The van der Waals surface area contributed by atoms with Crippen molar-refractivity contribution in [2.75, 3.05) is 6.54 Å². The third-order valence-electron chi connectivity index (χ3n) is 3.55. The van der Waals surface area contributed by atoms with Crippen LogP contribution in [0.1, 0.15) is 28.9 Å². The fraction of sp³-hybridized carbons (Fsp3) is 0.250. The van der Waals surface area contributed by atoms with Gasteiger partial charge in [0.05, 0.1) is 10.7 Å². The number of amides is 1. The Morgan fingerprint density at radius 3 is 2.92 bits per heavy atom. The smallest absolute Gasteiger partial charge is 0.220 e. The Morgan fingerprint density at radius 2 is 2.08 bits per heavy atom. The van der Waals surface area contributed by atoms with Gasteiger partial charge in [0.1, 0.15) is 6.33 Å². The monoisotopic (exact) mass is 362 g/mol. The fourth-order valence-corrected chi connectivity index (χ4v) is 3.38. The van der Waals surface area contributed by atoms with Gasteiger partial charge in [-0.1, -0.05) is 23.7 Å². The van der Waals surface area contributed by atoms with Crippen molar-refractivity contribution in [2.45, 2.75) is 19.3 Å². The maximum absolute atomic E-state index is 12.1. The minimum Gasteiger partial charge on any atom is -0.356 e. The second kappa shape index (κ2) is 7.55. The highest BCUT2D eigenvalue weighted by molar-refractivity contribution is 7.15. The van der Waals surface area contributed by atoms with Crippen LogP contribution in [0.4, 0.5) is 0 Å². The molecule has 0 unspecified atom stereocenters. The SMILES string of the molecule is O=C(CCC(=O)c1ccccc1Cl)NCCc1csc2ncnn12. The Bertz CT molecular complexity index is 874. The molecule has 0 bridgehead atoms. The first-order chi connectivity index (χ1) is 11.6. The lowest BCUT2D eigenvalue weighted by molar-refractivity contribution is -0.121. The van der Waals surface area contributed by atoms with Crippen LogP contribution in [0, 0.1) is 0 Å². The van der Waals surface area contributed by atoms with Crippen molar-refractivity contribution < 1.29 is 9.59 Å². The molecule has 0 aliphatic rings. The molecule has 2 heterocycles. The summed E-state index contributed by atoms with van der Waals surface area (Å²) in [4.78, 5) is 28.9. The number of hydrogen-bond donors (Lipinski definition) is 1. The summed E-state index contributed by atoms with van der Waals surface area (Å²) in [5.41, 5.74) is 1.46. The first kappa shape index (κ1) is 16.6. The van der Waals surface area contributed by atoms with Crippen molar-refractivity contribution in [3.63, 3.8) is 0 Å². The highest BCUT2D eigenvalue weighted by Gasteiger charge is 2.12. The number of rotatable bonds is 7. The zero-order valence-corrected chi connectivity index (χ0v) is 14.3. The molecule has 1 N–H and O–H groups in total. The van der Waals surface area contributed by atoms with Gasteiger partial charge >= 0.3 is 0 Å². The van der Waals surface area contributed by atoms with Gasteiger partial charge in [-0.2, -0.15) is 5.10 Å². The number of ketones is 1. The van der Waals surface area contributed by atoms with Crippen molar-refractivity contribution in [1.82, 2.24) is 19.9 Å². The molecular weight excluding hydrogens is 348 g/mol. The molecule has 0 aliphatic carbocycles. The number of Topliss-reactive ketones (excluding diaryl/α,β-unsaturated/α-hetero) is 1. The van der Waals surface area contributed by atoms with Crippen LogP contribution in [0.5, 0.6) is 0 Å². The van der Waals surface area contributed by atoms with Crippen molar-refractivity contribution in [2.24, 2.45) is 0 Å². The fourth-order valence-electron chi connectivity index (χ4n) is 2.31. The normalized spacial score (nSPS) is 10.9. The van der Waals surface area contributed by atoms with E-state index in [0.29, 0.717) is 23.6 Å². The Balaban J connectivity index is 1.44. The summed E-state index contributed by atoms with van der Waals surface area (Å²) in [6, 6.07) is 6.86.